The second-order valence-corrected chi connectivity index (χ2v) is 8.52. The van der Waals surface area contributed by atoms with Gasteiger partial charge in [-0.25, -0.2) is 0 Å². The smallest absolute Gasteiger partial charge is 0.250 e. The Morgan fingerprint density at radius 3 is 2.15 bits per heavy atom. The average molecular weight is 465 g/mol. The van der Waals surface area contributed by atoms with Gasteiger partial charge in [-0.15, -0.1) is 0 Å². The number of nitrogens with one attached hydrogen (secondary N) is 1. The van der Waals surface area contributed by atoms with Crippen LogP contribution in [0.3, 0.4) is 0 Å². The number of benzene rings is 3. The summed E-state index contributed by atoms with van der Waals surface area (Å²) in [7, 11) is 1.59. The number of ether oxygens (including phenoxy) is 1. The number of amides is 2. The molecule has 0 saturated heterocycles. The van der Waals surface area contributed by atoms with E-state index in [1.807, 2.05) is 56.3 Å². The summed E-state index contributed by atoms with van der Waals surface area (Å²) >= 11 is 6.04. The van der Waals surface area contributed by atoms with Crippen molar-refractivity contribution in [3.8, 4) is 5.75 Å². The second kappa shape index (κ2) is 11.0. The van der Waals surface area contributed by atoms with E-state index >= 15 is 0 Å². The van der Waals surface area contributed by atoms with E-state index < -0.39 is 5.54 Å². The quantitative estimate of drug-likeness (QED) is 0.440. The van der Waals surface area contributed by atoms with E-state index in [1.165, 1.54) is 0 Å². The highest BCUT2D eigenvalue weighted by Crippen LogP contribution is 2.27. The number of halogens is 1. The first kappa shape index (κ1) is 24.3. The number of methoxy groups -OCH3 is 1. The summed E-state index contributed by atoms with van der Waals surface area (Å²) in [6.45, 7) is 4.02. The van der Waals surface area contributed by atoms with Gasteiger partial charge in [0.05, 0.1) is 13.5 Å². The third-order valence-electron chi connectivity index (χ3n) is 5.87. The monoisotopic (exact) mass is 464 g/mol. The molecular formula is C27H29ClN2O3. The Bertz CT molecular complexity index is 1070. The van der Waals surface area contributed by atoms with E-state index in [0.29, 0.717) is 29.4 Å². The predicted molar refractivity (Wildman–Crippen MR) is 132 cm³/mol. The molecule has 2 amide bonds. The van der Waals surface area contributed by atoms with Crippen molar-refractivity contribution in [2.75, 3.05) is 12.4 Å². The zero-order valence-electron chi connectivity index (χ0n) is 19.2. The highest BCUT2D eigenvalue weighted by atomic mass is 35.5. The topological polar surface area (TPSA) is 58.6 Å². The maximum absolute atomic E-state index is 13.5. The number of anilines is 1. The largest absolute Gasteiger partial charge is 0.497 e. The first-order valence-electron chi connectivity index (χ1n) is 10.9. The van der Waals surface area contributed by atoms with Gasteiger partial charge in [-0.1, -0.05) is 61.0 Å². The fourth-order valence-electron chi connectivity index (χ4n) is 3.59. The normalized spacial score (nSPS) is 12.5. The summed E-state index contributed by atoms with van der Waals surface area (Å²) in [4.78, 5) is 28.7. The van der Waals surface area contributed by atoms with Crippen LogP contribution in [0.5, 0.6) is 5.75 Å². The number of carbonyl (C=O) groups is 2. The maximum Gasteiger partial charge on any atom is 0.250 e. The van der Waals surface area contributed by atoms with Crippen molar-refractivity contribution in [3.05, 3.63) is 95.0 Å². The van der Waals surface area contributed by atoms with Crippen molar-refractivity contribution in [3.63, 3.8) is 0 Å². The second-order valence-electron chi connectivity index (χ2n) is 8.08. The Hall–Kier alpha value is -3.31. The number of carbonyl (C=O) groups excluding carboxylic acids is 2. The molecule has 0 bridgehead atoms. The zero-order valence-corrected chi connectivity index (χ0v) is 19.9. The molecule has 1 N–H and O–H groups in total. The fourth-order valence-corrected chi connectivity index (χ4v) is 3.72. The third kappa shape index (κ3) is 6.14. The van der Waals surface area contributed by atoms with Crippen LogP contribution in [0.1, 0.15) is 31.4 Å². The standard InChI is InChI=1S/C27H29ClN2O3/c1-4-27(2,26(32)29-23-14-16-24(33-3)17-15-23)30(19-21-10-12-22(28)13-11-21)25(31)18-20-8-6-5-7-9-20/h5-17H,4,18-19H2,1-3H3,(H,29,32). The number of hydrogen-bond donors (Lipinski definition) is 1. The molecule has 1 unspecified atom stereocenters. The SMILES string of the molecule is CCC(C)(C(=O)Nc1ccc(OC)cc1)N(Cc1ccc(Cl)cc1)C(=O)Cc1ccccc1. The van der Waals surface area contributed by atoms with Crippen LogP contribution in [0, 0.1) is 0 Å². The van der Waals surface area contributed by atoms with Crippen LogP contribution < -0.4 is 10.1 Å². The molecule has 0 spiro atoms. The Morgan fingerprint density at radius 2 is 1.58 bits per heavy atom. The molecule has 0 heterocycles. The summed E-state index contributed by atoms with van der Waals surface area (Å²) in [6.07, 6.45) is 0.656. The van der Waals surface area contributed by atoms with E-state index in [0.717, 1.165) is 11.1 Å². The molecule has 6 heteroatoms. The summed E-state index contributed by atoms with van der Waals surface area (Å²) in [5.74, 6) is 0.338. The van der Waals surface area contributed by atoms with Gasteiger partial charge in [-0.3, -0.25) is 9.59 Å². The Labute approximate surface area is 200 Å². The minimum absolute atomic E-state index is 0.120. The van der Waals surface area contributed by atoms with Crippen LogP contribution in [0.15, 0.2) is 78.9 Å². The van der Waals surface area contributed by atoms with Gasteiger partial charge in [-0.05, 0) is 60.9 Å². The van der Waals surface area contributed by atoms with E-state index in [2.05, 4.69) is 5.32 Å². The van der Waals surface area contributed by atoms with Crippen LogP contribution in [0.4, 0.5) is 5.69 Å². The van der Waals surface area contributed by atoms with Gasteiger partial charge in [0.15, 0.2) is 0 Å². The predicted octanol–water partition coefficient (Wildman–Crippen LogP) is 5.73. The third-order valence-corrected chi connectivity index (χ3v) is 6.13. The van der Waals surface area contributed by atoms with Crippen molar-refractivity contribution in [2.45, 2.75) is 38.8 Å². The lowest BCUT2D eigenvalue weighted by molar-refractivity contribution is -0.145. The highest BCUT2D eigenvalue weighted by Gasteiger charge is 2.40. The molecule has 33 heavy (non-hydrogen) atoms. The molecule has 0 radical (unpaired) electrons. The van der Waals surface area contributed by atoms with Crippen LogP contribution in [-0.2, 0) is 22.6 Å². The first-order chi connectivity index (χ1) is 15.9. The summed E-state index contributed by atoms with van der Waals surface area (Å²) < 4.78 is 5.19. The molecule has 0 aliphatic rings. The van der Waals surface area contributed by atoms with E-state index in [1.54, 1.807) is 48.4 Å². The summed E-state index contributed by atoms with van der Waals surface area (Å²) in [5.41, 5.74) is 1.38. The minimum Gasteiger partial charge on any atom is -0.497 e. The van der Waals surface area contributed by atoms with Crippen molar-refractivity contribution in [1.82, 2.24) is 4.90 Å². The molecule has 172 valence electrons. The lowest BCUT2D eigenvalue weighted by Gasteiger charge is -2.40. The summed E-state index contributed by atoms with van der Waals surface area (Å²) in [6, 6.07) is 24.0. The van der Waals surface area contributed by atoms with Gasteiger partial charge in [-0.2, -0.15) is 0 Å². The Balaban J connectivity index is 1.90. The van der Waals surface area contributed by atoms with Crippen molar-refractivity contribution >= 4 is 29.1 Å². The van der Waals surface area contributed by atoms with Crippen LogP contribution in [-0.4, -0.2) is 29.4 Å². The Kier molecular flexibility index (Phi) is 8.12. The molecule has 3 aromatic carbocycles. The van der Waals surface area contributed by atoms with Gasteiger partial charge in [0.25, 0.3) is 0 Å². The van der Waals surface area contributed by atoms with E-state index in [4.69, 9.17) is 16.3 Å². The van der Waals surface area contributed by atoms with Gasteiger partial charge in [0.1, 0.15) is 11.3 Å². The van der Waals surface area contributed by atoms with Crippen LogP contribution in [0.2, 0.25) is 5.02 Å². The van der Waals surface area contributed by atoms with Crippen molar-refractivity contribution in [1.29, 1.82) is 0 Å². The van der Waals surface area contributed by atoms with E-state index in [9.17, 15) is 9.59 Å². The van der Waals surface area contributed by atoms with Crippen LogP contribution >= 0.6 is 11.6 Å². The average Bonchev–Trinajstić information content (AvgIpc) is 2.84. The lowest BCUT2D eigenvalue weighted by atomic mass is 9.92. The van der Waals surface area contributed by atoms with Gasteiger partial charge in [0, 0.05) is 17.3 Å². The molecule has 1 atom stereocenters. The molecular weight excluding hydrogens is 436 g/mol. The molecule has 0 saturated carbocycles. The zero-order chi connectivity index (χ0) is 23.8. The van der Waals surface area contributed by atoms with E-state index in [-0.39, 0.29) is 18.2 Å². The van der Waals surface area contributed by atoms with Gasteiger partial charge >= 0.3 is 0 Å². The lowest BCUT2D eigenvalue weighted by Crippen LogP contribution is -2.56. The highest BCUT2D eigenvalue weighted by molar-refractivity contribution is 6.30. The fraction of sp³-hybridized carbons (Fsp3) is 0.259. The Morgan fingerprint density at radius 1 is 0.939 bits per heavy atom. The van der Waals surface area contributed by atoms with Crippen LogP contribution in [0.25, 0.3) is 0 Å². The number of rotatable bonds is 9. The molecule has 5 nitrogen and oxygen atoms in total. The molecule has 0 fully saturated rings. The molecule has 0 aliphatic carbocycles. The van der Waals surface area contributed by atoms with Crippen molar-refractivity contribution in [2.24, 2.45) is 0 Å². The maximum atomic E-state index is 13.5. The molecule has 3 rings (SSSR count). The minimum atomic E-state index is -1.06. The first-order valence-corrected chi connectivity index (χ1v) is 11.3. The number of hydrogen-bond acceptors (Lipinski definition) is 3. The summed E-state index contributed by atoms with van der Waals surface area (Å²) in [5, 5.41) is 3.59. The molecule has 0 aliphatic heterocycles. The van der Waals surface area contributed by atoms with Gasteiger partial charge < -0.3 is 15.0 Å². The van der Waals surface area contributed by atoms with Gasteiger partial charge in [0.2, 0.25) is 11.8 Å². The molecule has 3 aromatic rings. The number of nitrogens with zero attached hydrogens (tertiary/aromatic N) is 1. The molecule has 0 aromatic heterocycles. The van der Waals surface area contributed by atoms with Crippen molar-refractivity contribution < 1.29 is 14.3 Å².